The number of carbonyl (C=O) groups excluding carboxylic acids is 4. The van der Waals surface area contributed by atoms with E-state index in [1.54, 1.807) is 42.5 Å². The van der Waals surface area contributed by atoms with Gasteiger partial charge >= 0.3 is 24.4 Å². The zero-order valence-corrected chi connectivity index (χ0v) is 36.5. The molecule has 0 radical (unpaired) electrons. The van der Waals surface area contributed by atoms with Gasteiger partial charge in [0.15, 0.2) is 11.6 Å². The van der Waals surface area contributed by atoms with E-state index in [2.05, 4.69) is 27.3 Å². The van der Waals surface area contributed by atoms with Crippen molar-refractivity contribution in [2.24, 2.45) is 0 Å². The minimum Gasteiger partial charge on any atom is -0.472 e. The molecule has 0 fully saturated rings. The van der Waals surface area contributed by atoms with Crippen LogP contribution in [0.5, 0.6) is 0 Å². The van der Waals surface area contributed by atoms with Crippen LogP contribution in [-0.2, 0) is 21.9 Å². The fourth-order valence-corrected chi connectivity index (χ4v) is 8.39. The number of halogens is 7. The number of alkyl halides is 6. The number of rotatable bonds is 7. The second-order valence-corrected chi connectivity index (χ2v) is 15.7. The van der Waals surface area contributed by atoms with Gasteiger partial charge in [0.25, 0.3) is 0 Å². The second-order valence-electron chi connectivity index (χ2n) is 14.8. The molecule has 7 rings (SSSR count). The van der Waals surface area contributed by atoms with E-state index in [1.807, 2.05) is 6.07 Å². The summed E-state index contributed by atoms with van der Waals surface area (Å²) in [4.78, 5) is 55.2. The maximum absolute atomic E-state index is 13.2. The number of nitrogens with one attached hydrogen (secondary N) is 1. The molecule has 2 aliphatic rings. The average molecular weight is 958 g/mol. The molecule has 0 spiro atoms. The Kier molecular flexibility index (Phi) is 13.3. The summed E-state index contributed by atoms with van der Waals surface area (Å²) in [6.45, 7) is 5.72. The van der Waals surface area contributed by atoms with Gasteiger partial charge in [-0.05, 0) is 111 Å². The Balaban J connectivity index is 0.000000216. The highest BCUT2D eigenvalue weighted by Crippen LogP contribution is 2.43. The lowest BCUT2D eigenvalue weighted by atomic mass is 9.87. The first-order valence-electron chi connectivity index (χ1n) is 19.3. The van der Waals surface area contributed by atoms with Crippen molar-refractivity contribution in [3.63, 3.8) is 0 Å². The van der Waals surface area contributed by atoms with Gasteiger partial charge in [-0.3, -0.25) is 19.4 Å². The summed E-state index contributed by atoms with van der Waals surface area (Å²) in [6, 6.07) is 21.2. The van der Waals surface area contributed by atoms with Crippen molar-refractivity contribution in [2.45, 2.75) is 52.1 Å². The number of urea groups is 2. The molecule has 0 saturated heterocycles. The van der Waals surface area contributed by atoms with Crippen molar-refractivity contribution in [1.29, 1.82) is 10.5 Å². The molecule has 18 heteroatoms. The van der Waals surface area contributed by atoms with Crippen molar-refractivity contribution in [3.05, 3.63) is 164 Å². The topological polar surface area (TPSA) is 151 Å². The van der Waals surface area contributed by atoms with Crippen LogP contribution >= 0.6 is 15.9 Å². The van der Waals surface area contributed by atoms with E-state index in [1.165, 1.54) is 76.4 Å². The van der Waals surface area contributed by atoms with Crippen LogP contribution in [0.2, 0.25) is 0 Å². The third kappa shape index (κ3) is 9.44. The number of carbonyl (C=O) groups is 4. The van der Waals surface area contributed by atoms with Crippen LogP contribution in [0.1, 0.15) is 73.2 Å². The molecule has 3 heterocycles. The molecule has 0 bridgehead atoms. The fraction of sp³-hybridized carbons (Fsp3) is 0.191. The summed E-state index contributed by atoms with van der Waals surface area (Å²) in [5.74, 6) is -0.683. The Hall–Kier alpha value is -7.44. The molecule has 5 aromatic rings. The fourth-order valence-electron chi connectivity index (χ4n) is 7.79. The number of nitrogens with zero attached hydrogens (tertiary/aromatic N) is 5. The maximum atomic E-state index is 13.2. The van der Waals surface area contributed by atoms with Crippen molar-refractivity contribution < 1.29 is 49.9 Å². The summed E-state index contributed by atoms with van der Waals surface area (Å²) >= 11 is 3.40. The number of Topliss-reactive ketones (excluding diaryl/α,β-unsaturated/α-hetero) is 2. The van der Waals surface area contributed by atoms with Crippen molar-refractivity contribution >= 4 is 50.9 Å². The number of hydrogen-bond donors (Lipinski definition) is 1. The molecule has 2 atom stereocenters. The SMILES string of the molecule is CC(=O)C1=C(C)N(c2cccc(C(F)(F)F)c2)C(=O)N(C)C1c1ccc(C#N)cc1Br.CC(=O)C1=C(C)N(c2cccc(C(F)(F)F)c2)C(=O)NC1c1ccc(C#N)cc1-c1ccoc1. The number of nitriles is 2. The molecule has 4 aromatic carbocycles. The van der Waals surface area contributed by atoms with Gasteiger partial charge in [0.2, 0.25) is 0 Å². The Morgan fingerprint density at radius 3 is 1.74 bits per heavy atom. The predicted molar refractivity (Wildman–Crippen MR) is 229 cm³/mol. The largest absolute Gasteiger partial charge is 0.472 e. The van der Waals surface area contributed by atoms with Gasteiger partial charge in [-0.15, -0.1) is 0 Å². The monoisotopic (exact) mass is 956 g/mol. The number of anilines is 2. The lowest BCUT2D eigenvalue weighted by Crippen LogP contribution is -2.48. The second kappa shape index (κ2) is 18.3. The molecule has 11 nitrogen and oxygen atoms in total. The zero-order valence-electron chi connectivity index (χ0n) is 34.9. The van der Waals surface area contributed by atoms with E-state index in [0.717, 1.165) is 34.1 Å². The molecule has 332 valence electrons. The van der Waals surface area contributed by atoms with Gasteiger partial charge < -0.3 is 14.6 Å². The summed E-state index contributed by atoms with van der Waals surface area (Å²) in [5.41, 5.74) is 2.26. The number of allylic oxidation sites excluding steroid dienone is 2. The number of ketones is 2. The molecule has 1 N–H and O–H groups in total. The smallest absolute Gasteiger partial charge is 0.416 e. The first kappa shape index (κ1) is 47.0. The predicted octanol–water partition coefficient (Wildman–Crippen LogP) is 11.8. The highest BCUT2D eigenvalue weighted by molar-refractivity contribution is 9.10. The van der Waals surface area contributed by atoms with Gasteiger partial charge in [-0.2, -0.15) is 36.9 Å². The minimum absolute atomic E-state index is 0.0141. The van der Waals surface area contributed by atoms with E-state index in [4.69, 9.17) is 9.68 Å². The maximum Gasteiger partial charge on any atom is 0.416 e. The van der Waals surface area contributed by atoms with Gasteiger partial charge in [-0.25, -0.2) is 9.59 Å². The van der Waals surface area contributed by atoms with Gasteiger partial charge in [0.1, 0.15) is 0 Å². The van der Waals surface area contributed by atoms with Crippen molar-refractivity contribution in [2.75, 3.05) is 16.8 Å². The van der Waals surface area contributed by atoms with Crippen LogP contribution in [0.3, 0.4) is 0 Å². The first-order chi connectivity index (χ1) is 30.6. The number of likely N-dealkylation sites (N-methyl/N-ethyl adjacent to an activating group) is 1. The highest BCUT2D eigenvalue weighted by Gasteiger charge is 2.42. The van der Waals surface area contributed by atoms with E-state index in [0.29, 0.717) is 37.9 Å². The quantitative estimate of drug-likeness (QED) is 0.160. The number of amides is 4. The number of benzene rings is 4. The molecular weight excluding hydrogens is 922 g/mol. The zero-order chi connectivity index (χ0) is 47.7. The lowest BCUT2D eigenvalue weighted by Gasteiger charge is -2.41. The van der Waals surface area contributed by atoms with Crippen LogP contribution in [-0.4, -0.2) is 35.6 Å². The molecule has 4 amide bonds. The summed E-state index contributed by atoms with van der Waals surface area (Å²) in [7, 11) is 1.48. The highest BCUT2D eigenvalue weighted by atomic mass is 79.9. The van der Waals surface area contributed by atoms with E-state index >= 15 is 0 Å². The molecule has 2 unspecified atom stereocenters. The normalized spacial score (nSPS) is 16.7. The van der Waals surface area contributed by atoms with Crippen LogP contribution in [0, 0.1) is 22.7 Å². The van der Waals surface area contributed by atoms with Gasteiger partial charge in [-0.1, -0.05) is 40.2 Å². The minimum atomic E-state index is -4.59. The number of hydrogen-bond acceptors (Lipinski definition) is 7. The van der Waals surface area contributed by atoms with Crippen molar-refractivity contribution in [3.8, 4) is 23.3 Å². The lowest BCUT2D eigenvalue weighted by molar-refractivity contribution is -0.138. The molecule has 65 heavy (non-hydrogen) atoms. The molecule has 2 aliphatic heterocycles. The molecular formula is C47H35BrF6N6O5. The van der Waals surface area contributed by atoms with Crippen LogP contribution in [0.4, 0.5) is 47.3 Å². The van der Waals surface area contributed by atoms with Crippen molar-refractivity contribution in [1.82, 2.24) is 10.2 Å². The Morgan fingerprint density at radius 2 is 1.25 bits per heavy atom. The summed E-state index contributed by atoms with van der Waals surface area (Å²) in [5, 5.41) is 21.2. The molecule has 0 aliphatic carbocycles. The van der Waals surface area contributed by atoms with E-state index in [-0.39, 0.29) is 45.5 Å². The Labute approximate surface area is 376 Å². The Morgan fingerprint density at radius 1 is 0.723 bits per heavy atom. The van der Waals surface area contributed by atoms with E-state index < -0.39 is 47.6 Å². The van der Waals surface area contributed by atoms with E-state index in [9.17, 15) is 50.8 Å². The Bertz CT molecular complexity index is 2890. The average Bonchev–Trinajstić information content (AvgIpc) is 3.79. The van der Waals surface area contributed by atoms with Crippen LogP contribution in [0.25, 0.3) is 11.1 Å². The van der Waals surface area contributed by atoms with Gasteiger partial charge in [0, 0.05) is 39.6 Å². The van der Waals surface area contributed by atoms with Gasteiger partial charge in [0.05, 0.1) is 70.4 Å². The number of furan rings is 1. The van der Waals surface area contributed by atoms with Crippen LogP contribution < -0.4 is 15.1 Å². The third-order valence-corrected chi connectivity index (χ3v) is 11.4. The summed E-state index contributed by atoms with van der Waals surface area (Å²) < 4.78 is 85.0. The molecule has 0 saturated carbocycles. The summed E-state index contributed by atoms with van der Waals surface area (Å²) in [6.07, 6.45) is -6.23. The van der Waals surface area contributed by atoms with Crippen LogP contribution in [0.15, 0.2) is 135 Å². The molecule has 1 aromatic heterocycles. The third-order valence-electron chi connectivity index (χ3n) is 10.7. The first-order valence-corrected chi connectivity index (χ1v) is 20.1. The standard InChI is InChI=1S/C25H18F3N3O3.C22H17BrF3N3O2/c1-14-22(15(2)32)23(20-7-6-16(12-29)10-21(20)17-8-9-34-13-17)30-24(33)31(14)19-5-3-4-18(11-19)25(26,27)28;1-12-19(13(2)30)20(17-8-7-14(11-27)9-18(17)23)28(3)21(31)29(12)16-6-4-5-15(10-16)22(24,25)26/h3-11,13,23H,1-2H3,(H,30,33);4-10,20H,1-3H3.